The van der Waals surface area contributed by atoms with Gasteiger partial charge in [0.15, 0.2) is 0 Å². The lowest BCUT2D eigenvalue weighted by Crippen LogP contribution is -2.26. The lowest BCUT2D eigenvalue weighted by atomic mass is 10.3. The summed E-state index contributed by atoms with van der Waals surface area (Å²) in [6.07, 6.45) is 2.48. The molecule has 2 N–H and O–H groups in total. The third-order valence-corrected chi connectivity index (χ3v) is 2.70. The largest absolute Gasteiger partial charge is 0.385 e. The van der Waals surface area contributed by atoms with Crippen LogP contribution >= 0.6 is 0 Å². The third kappa shape index (κ3) is 6.49. The predicted molar refractivity (Wildman–Crippen MR) is 80.1 cm³/mol. The smallest absolute Gasteiger partial charge is 0.269 e. The molecule has 6 nitrogen and oxygen atoms in total. The molecule has 1 amide bonds. The Bertz CT molecular complexity index is 393. The van der Waals surface area contributed by atoms with E-state index in [9.17, 15) is 4.79 Å². The predicted octanol–water partition coefficient (Wildman–Crippen LogP) is 0.821. The Hall–Kier alpha value is -1.66. The summed E-state index contributed by atoms with van der Waals surface area (Å²) in [4.78, 5) is 18.0. The molecule has 0 bridgehead atoms. The lowest BCUT2D eigenvalue weighted by molar-refractivity contribution is 0.0943. The maximum absolute atomic E-state index is 11.8. The highest BCUT2D eigenvalue weighted by atomic mass is 16.5. The highest BCUT2D eigenvalue weighted by Crippen LogP contribution is 2.05. The minimum absolute atomic E-state index is 0.152. The Kier molecular flexibility index (Phi) is 7.60. The zero-order valence-corrected chi connectivity index (χ0v) is 12.5. The first-order valence-electron chi connectivity index (χ1n) is 6.75. The second-order valence-electron chi connectivity index (χ2n) is 4.76. The van der Waals surface area contributed by atoms with Gasteiger partial charge >= 0.3 is 0 Å². The minimum atomic E-state index is -0.152. The first kappa shape index (κ1) is 16.4. The van der Waals surface area contributed by atoms with Crippen molar-refractivity contribution in [2.75, 3.05) is 52.8 Å². The first-order chi connectivity index (χ1) is 9.63. The van der Waals surface area contributed by atoms with Crippen molar-refractivity contribution in [2.24, 2.45) is 0 Å². The average Bonchev–Trinajstić information content (AvgIpc) is 2.44. The number of methoxy groups -OCH3 is 1. The normalized spacial score (nSPS) is 10.6. The highest BCUT2D eigenvalue weighted by Gasteiger charge is 2.05. The molecule has 0 aliphatic rings. The van der Waals surface area contributed by atoms with Crippen molar-refractivity contribution < 1.29 is 9.53 Å². The van der Waals surface area contributed by atoms with Crippen LogP contribution in [0.4, 0.5) is 5.69 Å². The van der Waals surface area contributed by atoms with Crippen LogP contribution in [-0.2, 0) is 4.74 Å². The molecule has 0 radical (unpaired) electrons. The van der Waals surface area contributed by atoms with Crippen LogP contribution in [0.25, 0.3) is 0 Å². The summed E-state index contributed by atoms with van der Waals surface area (Å²) in [6.45, 7) is 3.03. The van der Waals surface area contributed by atoms with E-state index in [1.54, 1.807) is 19.4 Å². The van der Waals surface area contributed by atoms with Gasteiger partial charge in [0.2, 0.25) is 0 Å². The Morgan fingerprint density at radius 2 is 2.15 bits per heavy atom. The number of pyridine rings is 1. The molecule has 0 atom stereocenters. The van der Waals surface area contributed by atoms with E-state index < -0.39 is 0 Å². The molecule has 6 heteroatoms. The lowest BCUT2D eigenvalue weighted by Gasteiger charge is -2.11. The Labute approximate surface area is 120 Å². The standard InChI is InChI=1S/C14H24N4O2/c1-18(2)9-8-15-12-5-6-13(17-11-12)14(19)16-7-4-10-20-3/h5-6,11,15H,4,7-10H2,1-3H3,(H,16,19). The van der Waals surface area contributed by atoms with Gasteiger partial charge in [0.1, 0.15) is 5.69 Å². The van der Waals surface area contributed by atoms with Crippen molar-refractivity contribution in [3.05, 3.63) is 24.0 Å². The fourth-order valence-electron chi connectivity index (χ4n) is 1.57. The maximum atomic E-state index is 11.8. The molecule has 0 aliphatic heterocycles. The van der Waals surface area contributed by atoms with Gasteiger partial charge in [-0.15, -0.1) is 0 Å². The number of nitrogens with zero attached hydrogens (tertiary/aromatic N) is 2. The average molecular weight is 280 g/mol. The molecule has 112 valence electrons. The molecule has 20 heavy (non-hydrogen) atoms. The number of anilines is 1. The summed E-state index contributed by atoms with van der Waals surface area (Å²) in [5.41, 5.74) is 1.35. The molecule has 0 saturated carbocycles. The topological polar surface area (TPSA) is 66.5 Å². The van der Waals surface area contributed by atoms with Crippen molar-refractivity contribution in [1.82, 2.24) is 15.2 Å². The molecule has 1 rings (SSSR count). The van der Waals surface area contributed by atoms with Gasteiger partial charge in [-0.2, -0.15) is 0 Å². The van der Waals surface area contributed by atoms with Crippen molar-refractivity contribution >= 4 is 11.6 Å². The number of amides is 1. The van der Waals surface area contributed by atoms with Crippen LogP contribution in [0.5, 0.6) is 0 Å². The Morgan fingerprint density at radius 3 is 2.75 bits per heavy atom. The number of nitrogens with one attached hydrogen (secondary N) is 2. The minimum Gasteiger partial charge on any atom is -0.385 e. The summed E-state index contributed by atoms with van der Waals surface area (Å²) in [5, 5.41) is 6.05. The molecule has 1 aromatic rings. The number of ether oxygens (including phenoxy) is 1. The van der Waals surface area contributed by atoms with Gasteiger partial charge in [0.25, 0.3) is 5.91 Å². The van der Waals surface area contributed by atoms with Crippen molar-refractivity contribution in [2.45, 2.75) is 6.42 Å². The van der Waals surface area contributed by atoms with Gasteiger partial charge in [0, 0.05) is 33.4 Å². The van der Waals surface area contributed by atoms with Gasteiger partial charge in [0.05, 0.1) is 11.9 Å². The Balaban J connectivity index is 2.35. The second kappa shape index (κ2) is 9.28. The molecule has 0 saturated heterocycles. The van der Waals surface area contributed by atoms with E-state index in [1.807, 2.05) is 20.2 Å². The number of carbonyl (C=O) groups is 1. The van der Waals surface area contributed by atoms with Gasteiger partial charge in [-0.3, -0.25) is 4.79 Å². The van der Waals surface area contributed by atoms with Crippen LogP contribution in [0.1, 0.15) is 16.9 Å². The fourth-order valence-corrected chi connectivity index (χ4v) is 1.57. The van der Waals surface area contributed by atoms with Crippen LogP contribution in [0.2, 0.25) is 0 Å². The molecular formula is C14H24N4O2. The SMILES string of the molecule is COCCCNC(=O)c1ccc(NCCN(C)C)cn1. The van der Waals surface area contributed by atoms with E-state index in [0.29, 0.717) is 18.8 Å². The number of rotatable bonds is 9. The van der Waals surface area contributed by atoms with E-state index >= 15 is 0 Å². The molecule has 0 aliphatic carbocycles. The van der Waals surface area contributed by atoms with Crippen LogP contribution in [0.15, 0.2) is 18.3 Å². The van der Waals surface area contributed by atoms with Gasteiger partial charge in [-0.05, 0) is 32.6 Å². The molecular weight excluding hydrogens is 256 g/mol. The van der Waals surface area contributed by atoms with Crippen LogP contribution in [0.3, 0.4) is 0 Å². The van der Waals surface area contributed by atoms with Crippen molar-refractivity contribution in [3.8, 4) is 0 Å². The van der Waals surface area contributed by atoms with Gasteiger partial charge in [-0.25, -0.2) is 4.98 Å². The fraction of sp³-hybridized carbons (Fsp3) is 0.571. The molecule has 1 heterocycles. The number of likely N-dealkylation sites (N-methyl/N-ethyl adjacent to an activating group) is 1. The van der Waals surface area contributed by atoms with E-state index in [2.05, 4.69) is 20.5 Å². The highest BCUT2D eigenvalue weighted by molar-refractivity contribution is 5.92. The van der Waals surface area contributed by atoms with Crippen molar-refractivity contribution in [3.63, 3.8) is 0 Å². The number of aromatic nitrogens is 1. The monoisotopic (exact) mass is 280 g/mol. The van der Waals surface area contributed by atoms with Crippen molar-refractivity contribution in [1.29, 1.82) is 0 Å². The van der Waals surface area contributed by atoms with Crippen LogP contribution in [0, 0.1) is 0 Å². The number of carbonyl (C=O) groups excluding carboxylic acids is 1. The summed E-state index contributed by atoms with van der Waals surface area (Å²) in [6, 6.07) is 3.59. The van der Waals surface area contributed by atoms with Crippen LogP contribution in [-0.4, -0.2) is 63.2 Å². The molecule has 0 fully saturated rings. The number of hydrogen-bond acceptors (Lipinski definition) is 5. The van der Waals surface area contributed by atoms with Crippen LogP contribution < -0.4 is 10.6 Å². The number of hydrogen-bond donors (Lipinski definition) is 2. The molecule has 0 aromatic carbocycles. The third-order valence-electron chi connectivity index (χ3n) is 2.70. The maximum Gasteiger partial charge on any atom is 0.269 e. The molecule has 0 spiro atoms. The molecule has 1 aromatic heterocycles. The summed E-state index contributed by atoms with van der Waals surface area (Å²) >= 11 is 0. The van der Waals surface area contributed by atoms with Gasteiger partial charge in [-0.1, -0.05) is 0 Å². The Morgan fingerprint density at radius 1 is 1.35 bits per heavy atom. The first-order valence-corrected chi connectivity index (χ1v) is 6.75. The summed E-state index contributed by atoms with van der Waals surface area (Å²) in [5.74, 6) is -0.152. The molecule has 0 unspecified atom stereocenters. The van der Waals surface area contributed by atoms with E-state index in [-0.39, 0.29) is 5.91 Å². The quantitative estimate of drug-likeness (QED) is 0.656. The van der Waals surface area contributed by atoms with E-state index in [4.69, 9.17) is 4.74 Å². The van der Waals surface area contributed by atoms with E-state index in [0.717, 1.165) is 25.2 Å². The zero-order valence-electron chi connectivity index (χ0n) is 12.5. The van der Waals surface area contributed by atoms with E-state index in [1.165, 1.54) is 0 Å². The van der Waals surface area contributed by atoms with Gasteiger partial charge < -0.3 is 20.3 Å². The summed E-state index contributed by atoms with van der Waals surface area (Å²) in [7, 11) is 5.69. The zero-order chi connectivity index (χ0) is 14.8. The second-order valence-corrected chi connectivity index (χ2v) is 4.76. The summed E-state index contributed by atoms with van der Waals surface area (Å²) < 4.78 is 4.92.